The third-order valence-electron chi connectivity index (χ3n) is 3.47. The second kappa shape index (κ2) is 6.83. The van der Waals surface area contributed by atoms with Crippen molar-refractivity contribution in [2.24, 2.45) is 0 Å². The fraction of sp³-hybridized carbons (Fsp3) is 0.375. The number of aryl methyl sites for hydroxylation is 1. The summed E-state index contributed by atoms with van der Waals surface area (Å²) in [6.07, 6.45) is 2.04. The van der Waals surface area contributed by atoms with Gasteiger partial charge < -0.3 is 5.32 Å². The maximum Gasteiger partial charge on any atom is 0.324 e. The van der Waals surface area contributed by atoms with Gasteiger partial charge in [0, 0.05) is 23.5 Å². The molecule has 1 N–H and O–H groups in total. The van der Waals surface area contributed by atoms with Crippen LogP contribution in [0.2, 0.25) is 0 Å². The highest BCUT2D eigenvalue weighted by Crippen LogP contribution is 2.23. The second-order valence-electron chi connectivity index (χ2n) is 5.77. The molecule has 0 aliphatic carbocycles. The first-order valence-electron chi connectivity index (χ1n) is 6.97. The van der Waals surface area contributed by atoms with Crippen molar-refractivity contribution in [2.75, 3.05) is 0 Å². The van der Waals surface area contributed by atoms with E-state index in [0.29, 0.717) is 6.54 Å². The molecule has 5 heteroatoms. The number of rotatable bonds is 7. The monoisotopic (exact) mass is 304 g/mol. The molecule has 0 bridgehead atoms. The minimum absolute atomic E-state index is 0.00738. The summed E-state index contributed by atoms with van der Waals surface area (Å²) in [5.41, 5.74) is 2.30. The van der Waals surface area contributed by atoms with Crippen LogP contribution in [0.3, 0.4) is 0 Å². The third-order valence-corrected chi connectivity index (χ3v) is 4.40. The summed E-state index contributed by atoms with van der Waals surface area (Å²) in [6.45, 7) is 4.99. The molecular weight excluding hydrogens is 284 g/mol. The van der Waals surface area contributed by atoms with Crippen molar-refractivity contribution in [3.63, 3.8) is 0 Å². The predicted octanol–water partition coefficient (Wildman–Crippen LogP) is 4.16. The highest BCUT2D eigenvalue weighted by Gasteiger charge is 2.18. The number of benzene rings is 1. The zero-order chi connectivity index (χ0) is 15.3. The zero-order valence-corrected chi connectivity index (χ0v) is 13.2. The number of nitrogens with one attached hydrogen (secondary N) is 1. The number of thiophene rings is 1. The summed E-state index contributed by atoms with van der Waals surface area (Å²) in [4.78, 5) is 10.3. The van der Waals surface area contributed by atoms with Gasteiger partial charge in [-0.2, -0.15) is 0 Å². The molecular formula is C16H20N2O2S. The fourth-order valence-electron chi connectivity index (χ4n) is 2.08. The topological polar surface area (TPSA) is 55.2 Å². The molecule has 21 heavy (non-hydrogen) atoms. The van der Waals surface area contributed by atoms with E-state index in [9.17, 15) is 10.1 Å². The summed E-state index contributed by atoms with van der Waals surface area (Å²) >= 11 is 1.18. The Hall–Kier alpha value is -1.72. The van der Waals surface area contributed by atoms with Gasteiger partial charge >= 0.3 is 5.00 Å². The van der Waals surface area contributed by atoms with Crippen LogP contribution in [0.4, 0.5) is 5.00 Å². The van der Waals surface area contributed by atoms with E-state index in [4.69, 9.17) is 0 Å². The van der Waals surface area contributed by atoms with E-state index >= 15 is 0 Å². The van der Waals surface area contributed by atoms with Crippen molar-refractivity contribution >= 4 is 16.3 Å². The standard InChI is InChI=1S/C16H20N2O2S/c1-16(2,9-8-13-6-4-3-5-7-13)17-11-14-10-15(18(19)20)21-12-14/h3-7,10,12,17H,8-9,11H2,1-2H3. The summed E-state index contributed by atoms with van der Waals surface area (Å²) in [7, 11) is 0. The van der Waals surface area contributed by atoms with Crippen LogP contribution in [0, 0.1) is 10.1 Å². The smallest absolute Gasteiger partial charge is 0.308 e. The van der Waals surface area contributed by atoms with Crippen LogP contribution in [0.25, 0.3) is 0 Å². The Labute approximate surface area is 129 Å². The molecule has 0 unspecified atom stereocenters. The van der Waals surface area contributed by atoms with Crippen molar-refractivity contribution in [2.45, 2.75) is 38.8 Å². The van der Waals surface area contributed by atoms with E-state index in [-0.39, 0.29) is 15.5 Å². The first-order valence-corrected chi connectivity index (χ1v) is 7.85. The Bertz CT molecular complexity index is 593. The van der Waals surface area contributed by atoms with E-state index in [1.807, 2.05) is 11.4 Å². The van der Waals surface area contributed by atoms with E-state index in [1.54, 1.807) is 6.07 Å². The molecule has 1 heterocycles. The van der Waals surface area contributed by atoms with Gasteiger partial charge in [-0.3, -0.25) is 10.1 Å². The lowest BCUT2D eigenvalue weighted by atomic mass is 9.95. The van der Waals surface area contributed by atoms with Gasteiger partial charge in [0.15, 0.2) is 0 Å². The molecule has 4 nitrogen and oxygen atoms in total. The van der Waals surface area contributed by atoms with Gasteiger partial charge in [0.05, 0.1) is 4.92 Å². The van der Waals surface area contributed by atoms with E-state index in [0.717, 1.165) is 18.4 Å². The van der Waals surface area contributed by atoms with E-state index in [1.165, 1.54) is 16.9 Å². The molecule has 0 radical (unpaired) electrons. The van der Waals surface area contributed by atoms with Crippen molar-refractivity contribution in [3.8, 4) is 0 Å². The van der Waals surface area contributed by atoms with Gasteiger partial charge in [0.1, 0.15) is 0 Å². The maximum absolute atomic E-state index is 10.7. The lowest BCUT2D eigenvalue weighted by Gasteiger charge is -2.26. The molecule has 112 valence electrons. The van der Waals surface area contributed by atoms with Crippen LogP contribution in [0.1, 0.15) is 31.4 Å². The quantitative estimate of drug-likeness (QED) is 0.617. The highest BCUT2D eigenvalue weighted by atomic mass is 32.1. The summed E-state index contributed by atoms with van der Waals surface area (Å²) in [5.74, 6) is 0. The van der Waals surface area contributed by atoms with E-state index in [2.05, 4.69) is 43.4 Å². The number of nitrogens with zero attached hydrogens (tertiary/aromatic N) is 1. The Morgan fingerprint density at radius 3 is 2.57 bits per heavy atom. The van der Waals surface area contributed by atoms with Gasteiger partial charge in [-0.15, -0.1) is 0 Å². The molecule has 0 saturated carbocycles. The molecule has 0 atom stereocenters. The molecule has 0 saturated heterocycles. The average Bonchev–Trinajstić information content (AvgIpc) is 2.94. The van der Waals surface area contributed by atoms with Gasteiger partial charge in [0.2, 0.25) is 0 Å². The van der Waals surface area contributed by atoms with Gasteiger partial charge in [-0.1, -0.05) is 41.7 Å². The van der Waals surface area contributed by atoms with Gasteiger partial charge in [-0.25, -0.2) is 0 Å². The highest BCUT2D eigenvalue weighted by molar-refractivity contribution is 7.13. The lowest BCUT2D eigenvalue weighted by molar-refractivity contribution is -0.380. The molecule has 0 fully saturated rings. The Morgan fingerprint density at radius 2 is 1.95 bits per heavy atom. The Morgan fingerprint density at radius 1 is 1.24 bits per heavy atom. The first kappa shape index (κ1) is 15.7. The van der Waals surface area contributed by atoms with Crippen LogP contribution >= 0.6 is 11.3 Å². The fourth-order valence-corrected chi connectivity index (χ4v) is 2.81. The summed E-state index contributed by atoms with van der Waals surface area (Å²) in [6, 6.07) is 12.1. The molecule has 0 aliphatic rings. The first-order chi connectivity index (χ1) is 9.96. The second-order valence-corrected chi connectivity index (χ2v) is 6.66. The van der Waals surface area contributed by atoms with Crippen LogP contribution in [0.5, 0.6) is 0 Å². The van der Waals surface area contributed by atoms with Gasteiger partial charge in [-0.05, 0) is 37.8 Å². The van der Waals surface area contributed by atoms with Crippen molar-refractivity contribution < 1.29 is 4.92 Å². The number of hydrogen-bond acceptors (Lipinski definition) is 4. The minimum Gasteiger partial charge on any atom is -0.308 e. The Balaban J connectivity index is 1.84. The number of hydrogen-bond donors (Lipinski definition) is 1. The predicted molar refractivity (Wildman–Crippen MR) is 86.7 cm³/mol. The van der Waals surface area contributed by atoms with Crippen molar-refractivity contribution in [1.29, 1.82) is 0 Å². The zero-order valence-electron chi connectivity index (χ0n) is 12.3. The number of nitro groups is 1. The molecule has 2 rings (SSSR count). The van der Waals surface area contributed by atoms with Crippen molar-refractivity contribution in [1.82, 2.24) is 5.32 Å². The maximum atomic E-state index is 10.7. The summed E-state index contributed by atoms with van der Waals surface area (Å²) < 4.78 is 0. The van der Waals surface area contributed by atoms with Crippen LogP contribution in [-0.4, -0.2) is 10.5 Å². The van der Waals surface area contributed by atoms with E-state index < -0.39 is 0 Å². The van der Waals surface area contributed by atoms with Crippen LogP contribution in [-0.2, 0) is 13.0 Å². The summed E-state index contributed by atoms with van der Waals surface area (Å²) in [5, 5.41) is 16.2. The lowest BCUT2D eigenvalue weighted by Crippen LogP contribution is -2.39. The normalized spacial score (nSPS) is 11.5. The SMILES string of the molecule is CC(C)(CCc1ccccc1)NCc1csc([N+](=O)[O-])c1. The molecule has 1 aromatic heterocycles. The Kier molecular flexibility index (Phi) is 5.09. The molecule has 1 aromatic carbocycles. The molecule has 0 spiro atoms. The molecule has 0 aliphatic heterocycles. The molecule has 0 amide bonds. The van der Waals surface area contributed by atoms with Crippen LogP contribution in [0.15, 0.2) is 41.8 Å². The van der Waals surface area contributed by atoms with Gasteiger partial charge in [0.25, 0.3) is 0 Å². The largest absolute Gasteiger partial charge is 0.324 e. The minimum atomic E-state index is -0.339. The van der Waals surface area contributed by atoms with Crippen molar-refractivity contribution in [3.05, 3.63) is 63.0 Å². The third kappa shape index (κ3) is 4.95. The van der Waals surface area contributed by atoms with Crippen LogP contribution < -0.4 is 5.32 Å². The average molecular weight is 304 g/mol. The molecule has 2 aromatic rings.